The van der Waals surface area contributed by atoms with E-state index in [2.05, 4.69) is 13.8 Å². The van der Waals surface area contributed by atoms with Crippen molar-refractivity contribution in [1.29, 1.82) is 0 Å². The predicted molar refractivity (Wildman–Crippen MR) is 75.5 cm³/mol. The first-order valence-corrected chi connectivity index (χ1v) is 6.71. The van der Waals surface area contributed by atoms with Crippen LogP contribution in [0.2, 0.25) is 0 Å². The molecule has 4 heteroatoms. The van der Waals surface area contributed by atoms with E-state index >= 15 is 0 Å². The first-order valence-electron chi connectivity index (χ1n) is 6.71. The highest BCUT2D eigenvalue weighted by Crippen LogP contribution is 2.13. The molecule has 0 aliphatic rings. The first kappa shape index (κ1) is 15.6. The van der Waals surface area contributed by atoms with Gasteiger partial charge in [0.2, 0.25) is 0 Å². The molecule has 0 radical (unpaired) electrons. The summed E-state index contributed by atoms with van der Waals surface area (Å²) >= 11 is 0. The molecule has 0 aliphatic carbocycles. The lowest BCUT2D eigenvalue weighted by molar-refractivity contribution is 0.0735. The molecule has 0 aliphatic heterocycles. The Morgan fingerprint density at radius 3 is 2.63 bits per heavy atom. The fraction of sp³-hybridized carbons (Fsp3) is 0.533. The van der Waals surface area contributed by atoms with Gasteiger partial charge in [-0.05, 0) is 49.6 Å². The molecular formula is C15H23FN2O. The summed E-state index contributed by atoms with van der Waals surface area (Å²) < 4.78 is 13.2. The summed E-state index contributed by atoms with van der Waals surface area (Å²) in [5.74, 6) is 0.0578. The molecule has 0 unspecified atom stereocenters. The van der Waals surface area contributed by atoms with Crippen LogP contribution in [0.1, 0.15) is 36.2 Å². The molecule has 0 saturated heterocycles. The maximum absolute atomic E-state index is 13.2. The van der Waals surface area contributed by atoms with Crippen LogP contribution in [0.5, 0.6) is 0 Å². The SMILES string of the molecule is Cc1cc(C(=O)N(CCCN)CC(C)C)ccc1F. The highest BCUT2D eigenvalue weighted by molar-refractivity contribution is 5.94. The minimum atomic E-state index is -0.283. The van der Waals surface area contributed by atoms with Crippen LogP contribution in [-0.4, -0.2) is 30.4 Å². The summed E-state index contributed by atoms with van der Waals surface area (Å²) in [4.78, 5) is 14.2. The molecule has 1 aromatic carbocycles. The molecule has 0 aromatic heterocycles. The van der Waals surface area contributed by atoms with Crippen molar-refractivity contribution in [3.05, 3.63) is 35.1 Å². The van der Waals surface area contributed by atoms with Crippen LogP contribution in [0.4, 0.5) is 4.39 Å². The lowest BCUT2D eigenvalue weighted by Crippen LogP contribution is -2.36. The van der Waals surface area contributed by atoms with Crippen molar-refractivity contribution >= 4 is 5.91 Å². The maximum atomic E-state index is 13.2. The number of benzene rings is 1. The Labute approximate surface area is 114 Å². The second-order valence-corrected chi connectivity index (χ2v) is 5.25. The average molecular weight is 266 g/mol. The minimum Gasteiger partial charge on any atom is -0.338 e. The summed E-state index contributed by atoms with van der Waals surface area (Å²) in [5, 5.41) is 0. The highest BCUT2D eigenvalue weighted by atomic mass is 19.1. The number of amides is 1. The highest BCUT2D eigenvalue weighted by Gasteiger charge is 2.17. The van der Waals surface area contributed by atoms with Gasteiger partial charge in [-0.3, -0.25) is 4.79 Å². The van der Waals surface area contributed by atoms with Gasteiger partial charge in [-0.1, -0.05) is 13.8 Å². The number of carbonyl (C=O) groups excluding carboxylic acids is 1. The van der Waals surface area contributed by atoms with E-state index in [1.165, 1.54) is 6.07 Å². The van der Waals surface area contributed by atoms with Gasteiger partial charge in [0.05, 0.1) is 0 Å². The lowest BCUT2D eigenvalue weighted by atomic mass is 10.1. The van der Waals surface area contributed by atoms with E-state index in [4.69, 9.17) is 5.73 Å². The van der Waals surface area contributed by atoms with Crippen LogP contribution in [0.25, 0.3) is 0 Å². The normalized spacial score (nSPS) is 10.8. The zero-order valence-corrected chi connectivity index (χ0v) is 11.9. The van der Waals surface area contributed by atoms with Gasteiger partial charge in [-0.25, -0.2) is 4.39 Å². The Bertz CT molecular complexity index is 432. The number of halogens is 1. The Balaban J connectivity index is 2.87. The smallest absolute Gasteiger partial charge is 0.253 e. The van der Waals surface area contributed by atoms with E-state index in [-0.39, 0.29) is 11.7 Å². The maximum Gasteiger partial charge on any atom is 0.253 e. The molecule has 0 bridgehead atoms. The predicted octanol–water partition coefficient (Wildman–Crippen LogP) is 2.58. The molecule has 1 amide bonds. The van der Waals surface area contributed by atoms with Crippen LogP contribution in [0.3, 0.4) is 0 Å². The summed E-state index contributed by atoms with van der Waals surface area (Å²) in [5.41, 5.74) is 6.54. The number of hydrogen-bond donors (Lipinski definition) is 1. The second kappa shape index (κ2) is 7.24. The van der Waals surface area contributed by atoms with Gasteiger partial charge < -0.3 is 10.6 Å². The van der Waals surface area contributed by atoms with E-state index in [1.54, 1.807) is 24.0 Å². The van der Waals surface area contributed by atoms with Gasteiger partial charge in [0.1, 0.15) is 5.82 Å². The minimum absolute atomic E-state index is 0.0507. The molecule has 106 valence electrons. The third-order valence-corrected chi connectivity index (χ3v) is 2.91. The van der Waals surface area contributed by atoms with E-state index in [0.717, 1.165) is 6.42 Å². The van der Waals surface area contributed by atoms with Crippen molar-refractivity contribution in [2.45, 2.75) is 27.2 Å². The van der Waals surface area contributed by atoms with Crippen LogP contribution in [-0.2, 0) is 0 Å². The topological polar surface area (TPSA) is 46.3 Å². The largest absolute Gasteiger partial charge is 0.338 e. The molecule has 0 atom stereocenters. The lowest BCUT2D eigenvalue weighted by Gasteiger charge is -2.24. The van der Waals surface area contributed by atoms with E-state index in [1.807, 2.05) is 0 Å². The van der Waals surface area contributed by atoms with Gasteiger partial charge in [-0.2, -0.15) is 0 Å². The third-order valence-electron chi connectivity index (χ3n) is 2.91. The Morgan fingerprint density at radius 1 is 1.42 bits per heavy atom. The molecule has 1 aromatic rings. The molecule has 3 nitrogen and oxygen atoms in total. The summed E-state index contributed by atoms with van der Waals surface area (Å²) in [6.45, 7) is 7.69. The van der Waals surface area contributed by atoms with Crippen LogP contribution >= 0.6 is 0 Å². The Morgan fingerprint density at radius 2 is 2.11 bits per heavy atom. The number of nitrogens with zero attached hydrogens (tertiary/aromatic N) is 1. The number of hydrogen-bond acceptors (Lipinski definition) is 2. The average Bonchev–Trinajstić information content (AvgIpc) is 2.36. The van der Waals surface area contributed by atoms with Crippen LogP contribution in [0, 0.1) is 18.7 Å². The standard InChI is InChI=1S/C15H23FN2O/c1-11(2)10-18(8-4-7-17)15(19)13-5-6-14(16)12(3)9-13/h5-6,9,11H,4,7-8,10,17H2,1-3H3. The molecule has 19 heavy (non-hydrogen) atoms. The molecule has 0 fully saturated rings. The number of aryl methyl sites for hydroxylation is 1. The van der Waals surface area contributed by atoms with Crippen LogP contribution in [0.15, 0.2) is 18.2 Å². The van der Waals surface area contributed by atoms with Gasteiger partial charge in [0, 0.05) is 18.7 Å². The number of carbonyl (C=O) groups is 1. The number of nitrogens with two attached hydrogens (primary N) is 1. The van der Waals surface area contributed by atoms with Gasteiger partial charge in [0.25, 0.3) is 5.91 Å². The quantitative estimate of drug-likeness (QED) is 0.860. The molecule has 0 saturated carbocycles. The van der Waals surface area contributed by atoms with E-state index in [0.29, 0.717) is 36.7 Å². The van der Waals surface area contributed by atoms with Crippen molar-refractivity contribution in [3.63, 3.8) is 0 Å². The fourth-order valence-corrected chi connectivity index (χ4v) is 1.96. The van der Waals surface area contributed by atoms with Gasteiger partial charge >= 0.3 is 0 Å². The van der Waals surface area contributed by atoms with Gasteiger partial charge in [-0.15, -0.1) is 0 Å². The monoisotopic (exact) mass is 266 g/mol. The first-order chi connectivity index (χ1) is 8.95. The Hall–Kier alpha value is -1.42. The van der Waals surface area contributed by atoms with Crippen molar-refractivity contribution < 1.29 is 9.18 Å². The Kier molecular flexibility index (Phi) is 5.96. The zero-order chi connectivity index (χ0) is 14.4. The van der Waals surface area contributed by atoms with E-state index in [9.17, 15) is 9.18 Å². The number of rotatable bonds is 6. The fourth-order valence-electron chi connectivity index (χ4n) is 1.96. The van der Waals surface area contributed by atoms with Crippen molar-refractivity contribution in [2.24, 2.45) is 11.7 Å². The third kappa shape index (κ3) is 4.63. The molecule has 1 rings (SSSR count). The van der Waals surface area contributed by atoms with E-state index < -0.39 is 0 Å². The molecule has 0 heterocycles. The summed E-state index contributed by atoms with van der Waals surface area (Å²) in [6.07, 6.45) is 0.776. The van der Waals surface area contributed by atoms with Crippen LogP contribution < -0.4 is 5.73 Å². The second-order valence-electron chi connectivity index (χ2n) is 5.25. The summed E-state index contributed by atoms with van der Waals surface area (Å²) in [6, 6.07) is 4.49. The molecular weight excluding hydrogens is 243 g/mol. The van der Waals surface area contributed by atoms with Gasteiger partial charge in [0.15, 0.2) is 0 Å². The summed E-state index contributed by atoms with van der Waals surface area (Å²) in [7, 11) is 0. The molecule has 0 spiro atoms. The van der Waals surface area contributed by atoms with Crippen molar-refractivity contribution in [2.75, 3.05) is 19.6 Å². The van der Waals surface area contributed by atoms with Crippen molar-refractivity contribution in [3.8, 4) is 0 Å². The van der Waals surface area contributed by atoms with Crippen molar-refractivity contribution in [1.82, 2.24) is 4.90 Å². The zero-order valence-electron chi connectivity index (χ0n) is 11.9. The molecule has 2 N–H and O–H groups in total.